The molecule has 0 aromatic heterocycles. The van der Waals surface area contributed by atoms with Gasteiger partial charge in [0.25, 0.3) is 0 Å². The maximum Gasteiger partial charge on any atom is 0.222 e. The summed E-state index contributed by atoms with van der Waals surface area (Å²) < 4.78 is 18.8. The number of rotatable bonds is 4. The summed E-state index contributed by atoms with van der Waals surface area (Å²) >= 11 is 0. The average Bonchev–Trinajstić information content (AvgIpc) is 2.90. The highest BCUT2D eigenvalue weighted by Crippen LogP contribution is 2.25. The summed E-state index contributed by atoms with van der Waals surface area (Å²) in [6.45, 7) is 4.99. The molecular formula is C19H28FN3O2. The number of ether oxygens (including phenoxy) is 1. The number of benzene rings is 1. The molecule has 2 saturated heterocycles. The summed E-state index contributed by atoms with van der Waals surface area (Å²) in [6.07, 6.45) is 4.06. The third-order valence-corrected chi connectivity index (χ3v) is 5.29. The topological polar surface area (TPSA) is 44.8 Å². The lowest BCUT2D eigenvalue weighted by molar-refractivity contribution is -0.132. The van der Waals surface area contributed by atoms with Crippen molar-refractivity contribution in [2.24, 2.45) is 5.92 Å². The molecule has 0 radical (unpaired) electrons. The highest BCUT2D eigenvalue weighted by molar-refractivity contribution is 5.76. The number of methoxy groups -OCH3 is 1. The number of piperazine rings is 1. The normalized spacial score (nSPS) is 21.8. The molecule has 25 heavy (non-hydrogen) atoms. The van der Waals surface area contributed by atoms with Crippen LogP contribution in [0.4, 0.5) is 10.1 Å². The smallest absolute Gasteiger partial charge is 0.222 e. The van der Waals surface area contributed by atoms with Crippen LogP contribution in [0.15, 0.2) is 18.2 Å². The summed E-state index contributed by atoms with van der Waals surface area (Å²) in [7, 11) is 1.47. The maximum absolute atomic E-state index is 13.9. The van der Waals surface area contributed by atoms with Gasteiger partial charge >= 0.3 is 0 Å². The quantitative estimate of drug-likeness (QED) is 0.906. The molecule has 3 rings (SSSR count). The van der Waals surface area contributed by atoms with E-state index >= 15 is 0 Å². The van der Waals surface area contributed by atoms with E-state index in [0.29, 0.717) is 25.4 Å². The SMILES string of the molecule is COc1ccc(N2CCN(C(=O)C[C@H]3CCCNCC3)CC2)cc1F. The summed E-state index contributed by atoms with van der Waals surface area (Å²) in [6, 6.07) is 5.04. The predicted octanol–water partition coefficient (Wildman–Crippen LogP) is 2.26. The van der Waals surface area contributed by atoms with Gasteiger partial charge in [0, 0.05) is 44.4 Å². The second kappa shape index (κ2) is 8.52. The molecule has 1 aromatic carbocycles. The predicted molar refractivity (Wildman–Crippen MR) is 96.6 cm³/mol. The van der Waals surface area contributed by atoms with Crippen LogP contribution in [0.5, 0.6) is 5.75 Å². The Morgan fingerprint density at radius 1 is 1.24 bits per heavy atom. The number of hydrogen-bond acceptors (Lipinski definition) is 4. The van der Waals surface area contributed by atoms with Crippen molar-refractivity contribution in [3.63, 3.8) is 0 Å². The van der Waals surface area contributed by atoms with Gasteiger partial charge in [0.05, 0.1) is 7.11 Å². The number of nitrogens with one attached hydrogen (secondary N) is 1. The van der Waals surface area contributed by atoms with E-state index < -0.39 is 0 Å². The fraction of sp³-hybridized carbons (Fsp3) is 0.632. The van der Waals surface area contributed by atoms with E-state index in [1.54, 1.807) is 6.07 Å². The molecule has 1 atom stereocenters. The maximum atomic E-state index is 13.9. The van der Waals surface area contributed by atoms with Gasteiger partial charge in [-0.1, -0.05) is 0 Å². The Bertz CT molecular complexity index is 580. The zero-order chi connectivity index (χ0) is 17.6. The first-order valence-electron chi connectivity index (χ1n) is 9.24. The van der Waals surface area contributed by atoms with Crippen LogP contribution in [0.2, 0.25) is 0 Å². The number of nitrogens with zero attached hydrogens (tertiary/aromatic N) is 2. The van der Waals surface area contributed by atoms with Crippen molar-refractivity contribution in [1.82, 2.24) is 10.2 Å². The van der Waals surface area contributed by atoms with Crippen molar-refractivity contribution in [3.8, 4) is 5.75 Å². The minimum absolute atomic E-state index is 0.260. The number of halogens is 1. The summed E-state index contributed by atoms with van der Waals surface area (Å²) in [5.74, 6) is 0.694. The third-order valence-electron chi connectivity index (χ3n) is 5.29. The Balaban J connectivity index is 1.51. The van der Waals surface area contributed by atoms with Crippen LogP contribution < -0.4 is 15.0 Å². The van der Waals surface area contributed by atoms with Crippen LogP contribution in [-0.4, -0.2) is 57.2 Å². The highest BCUT2D eigenvalue weighted by Gasteiger charge is 2.24. The van der Waals surface area contributed by atoms with Crippen LogP contribution in [0.3, 0.4) is 0 Å². The Labute approximate surface area is 149 Å². The Morgan fingerprint density at radius 3 is 2.76 bits per heavy atom. The molecule has 0 bridgehead atoms. The zero-order valence-corrected chi connectivity index (χ0v) is 15.0. The highest BCUT2D eigenvalue weighted by atomic mass is 19.1. The van der Waals surface area contributed by atoms with E-state index in [-0.39, 0.29) is 17.5 Å². The summed E-state index contributed by atoms with van der Waals surface area (Å²) in [5, 5.41) is 3.40. The molecule has 2 aliphatic rings. The number of carbonyl (C=O) groups is 1. The first kappa shape index (κ1) is 18.0. The summed E-state index contributed by atoms with van der Waals surface area (Å²) in [5.41, 5.74) is 0.847. The van der Waals surface area contributed by atoms with Crippen molar-refractivity contribution in [3.05, 3.63) is 24.0 Å². The van der Waals surface area contributed by atoms with Crippen LogP contribution in [0.25, 0.3) is 0 Å². The molecule has 2 fully saturated rings. The van der Waals surface area contributed by atoms with E-state index in [0.717, 1.165) is 51.1 Å². The number of anilines is 1. The van der Waals surface area contributed by atoms with E-state index in [9.17, 15) is 9.18 Å². The van der Waals surface area contributed by atoms with Gasteiger partial charge in [-0.25, -0.2) is 4.39 Å². The standard InChI is InChI=1S/C19H28FN3O2/c1-25-18-5-4-16(14-17(18)20)22-9-11-23(12-10-22)19(24)13-15-3-2-7-21-8-6-15/h4-5,14-15,21H,2-3,6-13H2,1H3/t15-/m0/s1. The van der Waals surface area contributed by atoms with Crippen molar-refractivity contribution >= 4 is 11.6 Å². The molecule has 1 amide bonds. The molecule has 5 nitrogen and oxygen atoms in total. The minimum atomic E-state index is -0.347. The van der Waals surface area contributed by atoms with Gasteiger partial charge in [-0.05, 0) is 50.4 Å². The molecule has 0 aliphatic carbocycles. The van der Waals surface area contributed by atoms with E-state index in [1.165, 1.54) is 13.2 Å². The van der Waals surface area contributed by atoms with Gasteiger partial charge in [0.2, 0.25) is 5.91 Å². The number of amides is 1. The number of carbonyl (C=O) groups excluding carboxylic acids is 1. The van der Waals surface area contributed by atoms with Crippen LogP contribution >= 0.6 is 0 Å². The van der Waals surface area contributed by atoms with Crippen LogP contribution in [0.1, 0.15) is 25.7 Å². The van der Waals surface area contributed by atoms with Crippen molar-refractivity contribution in [2.45, 2.75) is 25.7 Å². The van der Waals surface area contributed by atoms with Gasteiger partial charge in [0.15, 0.2) is 11.6 Å². The molecule has 6 heteroatoms. The van der Waals surface area contributed by atoms with E-state index in [1.807, 2.05) is 11.0 Å². The van der Waals surface area contributed by atoms with Crippen LogP contribution in [0, 0.1) is 11.7 Å². The summed E-state index contributed by atoms with van der Waals surface area (Å²) in [4.78, 5) is 16.7. The molecule has 0 saturated carbocycles. The van der Waals surface area contributed by atoms with Crippen molar-refractivity contribution in [2.75, 3.05) is 51.3 Å². The average molecular weight is 349 g/mol. The lowest BCUT2D eigenvalue weighted by atomic mass is 9.96. The minimum Gasteiger partial charge on any atom is -0.494 e. The van der Waals surface area contributed by atoms with Crippen molar-refractivity contribution < 1.29 is 13.9 Å². The molecule has 0 spiro atoms. The lowest BCUT2D eigenvalue weighted by Gasteiger charge is -2.36. The first-order chi connectivity index (χ1) is 12.2. The van der Waals surface area contributed by atoms with E-state index in [4.69, 9.17) is 4.74 Å². The number of hydrogen-bond donors (Lipinski definition) is 1. The zero-order valence-electron chi connectivity index (χ0n) is 15.0. The fourth-order valence-electron chi connectivity index (χ4n) is 3.74. The largest absolute Gasteiger partial charge is 0.494 e. The molecule has 2 heterocycles. The Kier molecular flexibility index (Phi) is 6.13. The van der Waals surface area contributed by atoms with Gasteiger partial charge in [-0.15, -0.1) is 0 Å². The van der Waals surface area contributed by atoms with E-state index in [2.05, 4.69) is 10.2 Å². The van der Waals surface area contributed by atoms with Gasteiger partial charge in [0.1, 0.15) is 0 Å². The molecule has 2 aliphatic heterocycles. The Morgan fingerprint density at radius 2 is 2.04 bits per heavy atom. The van der Waals surface area contributed by atoms with Crippen LogP contribution in [-0.2, 0) is 4.79 Å². The second-order valence-corrected chi connectivity index (χ2v) is 6.94. The fourth-order valence-corrected chi connectivity index (χ4v) is 3.74. The lowest BCUT2D eigenvalue weighted by Crippen LogP contribution is -2.49. The molecule has 1 N–H and O–H groups in total. The molecular weight excluding hydrogens is 321 g/mol. The second-order valence-electron chi connectivity index (χ2n) is 6.94. The van der Waals surface area contributed by atoms with Gasteiger partial charge in [-0.3, -0.25) is 4.79 Å². The first-order valence-corrected chi connectivity index (χ1v) is 9.24. The molecule has 1 aromatic rings. The molecule has 138 valence electrons. The Hall–Kier alpha value is -1.82. The third kappa shape index (κ3) is 4.63. The monoisotopic (exact) mass is 349 g/mol. The van der Waals surface area contributed by atoms with Gasteiger partial charge < -0.3 is 19.9 Å². The van der Waals surface area contributed by atoms with Gasteiger partial charge in [-0.2, -0.15) is 0 Å². The molecule has 0 unspecified atom stereocenters. The van der Waals surface area contributed by atoms with Crippen molar-refractivity contribution in [1.29, 1.82) is 0 Å².